The molecular weight excluding hydrogens is 228 g/mol. The molecule has 0 spiro atoms. The first-order valence-electron chi connectivity index (χ1n) is 6.19. The molecule has 2 nitrogen and oxygen atoms in total. The van der Waals surface area contributed by atoms with E-state index in [0.717, 1.165) is 19.3 Å². The van der Waals surface area contributed by atoms with E-state index in [1.54, 1.807) is 0 Å². The van der Waals surface area contributed by atoms with E-state index in [2.05, 4.69) is 13.5 Å². The molecule has 0 unspecified atom stereocenters. The molecule has 1 rings (SSSR count). The van der Waals surface area contributed by atoms with Crippen molar-refractivity contribution in [3.05, 3.63) is 42.5 Å². The minimum absolute atomic E-state index is 0.796. The molecule has 3 heteroatoms. The van der Waals surface area contributed by atoms with Gasteiger partial charge in [0.2, 0.25) is 0 Å². The molecule has 0 aliphatic heterocycles. The molecule has 0 aromatic heterocycles. The van der Waals surface area contributed by atoms with E-state index in [9.17, 15) is 0 Å². The summed E-state index contributed by atoms with van der Waals surface area (Å²) in [5.41, 5.74) is 1.17. The van der Waals surface area contributed by atoms with E-state index >= 15 is 0 Å². The van der Waals surface area contributed by atoms with Crippen LogP contribution in [0.2, 0.25) is 6.04 Å². The van der Waals surface area contributed by atoms with E-state index in [-0.39, 0.29) is 0 Å². The molecule has 0 bridgehead atoms. The van der Waals surface area contributed by atoms with Gasteiger partial charge in [0, 0.05) is 13.2 Å². The van der Waals surface area contributed by atoms with Gasteiger partial charge in [0.15, 0.2) is 0 Å². The van der Waals surface area contributed by atoms with Gasteiger partial charge in [0.05, 0.1) is 0 Å². The number of benzene rings is 1. The average molecular weight is 252 g/mol. The lowest BCUT2D eigenvalue weighted by molar-refractivity contribution is 0.214. The van der Waals surface area contributed by atoms with Crippen LogP contribution in [0.5, 0.6) is 0 Å². The zero-order valence-corrected chi connectivity index (χ0v) is 12.3. The molecule has 0 saturated heterocycles. The van der Waals surface area contributed by atoms with E-state index in [0.29, 0.717) is 0 Å². The summed E-state index contributed by atoms with van der Waals surface area (Å²) in [4.78, 5) is 0. The third kappa shape index (κ3) is 8.86. The summed E-state index contributed by atoms with van der Waals surface area (Å²) in [7, 11) is -1.21. The second-order valence-electron chi connectivity index (χ2n) is 3.36. The highest BCUT2D eigenvalue weighted by Gasteiger charge is 2.06. The first-order valence-corrected chi connectivity index (χ1v) is 7.95. The summed E-state index contributed by atoms with van der Waals surface area (Å²) in [6.45, 7) is 11.4. The lowest BCUT2D eigenvalue weighted by Gasteiger charge is -2.11. The molecule has 0 fully saturated rings. The fourth-order valence-electron chi connectivity index (χ4n) is 1.24. The maximum atomic E-state index is 5.35. The Balaban J connectivity index is 0.000000302. The predicted octanol–water partition coefficient (Wildman–Crippen LogP) is 3.63. The summed E-state index contributed by atoms with van der Waals surface area (Å²) < 4.78 is 10.7. The van der Waals surface area contributed by atoms with Crippen molar-refractivity contribution in [3.63, 3.8) is 0 Å². The van der Waals surface area contributed by atoms with Crippen LogP contribution in [0.4, 0.5) is 0 Å². The molecule has 0 saturated carbocycles. The lowest BCUT2D eigenvalue weighted by Crippen LogP contribution is -2.21. The van der Waals surface area contributed by atoms with Crippen molar-refractivity contribution in [3.8, 4) is 0 Å². The Morgan fingerprint density at radius 2 is 1.59 bits per heavy atom. The lowest BCUT2D eigenvalue weighted by atomic mass is 10.2. The largest absolute Gasteiger partial charge is 0.397 e. The Morgan fingerprint density at radius 1 is 1.06 bits per heavy atom. The molecule has 0 amide bonds. The van der Waals surface area contributed by atoms with E-state index in [1.807, 2.05) is 50.3 Å². The van der Waals surface area contributed by atoms with Crippen molar-refractivity contribution in [2.24, 2.45) is 0 Å². The van der Waals surface area contributed by atoms with Gasteiger partial charge in [-0.25, -0.2) is 0 Å². The topological polar surface area (TPSA) is 18.5 Å². The summed E-state index contributed by atoms with van der Waals surface area (Å²) >= 11 is 0. The Morgan fingerprint density at radius 3 is 1.88 bits per heavy atom. The highest BCUT2D eigenvalue weighted by molar-refractivity contribution is 6.44. The van der Waals surface area contributed by atoms with Gasteiger partial charge < -0.3 is 8.85 Å². The quantitative estimate of drug-likeness (QED) is 0.720. The van der Waals surface area contributed by atoms with Gasteiger partial charge in [-0.2, -0.15) is 0 Å². The standard InChI is InChI=1S/C8H8.C6H16O2Si/c1-2-8-6-4-3-5-7-8;1-4-7-9(6-3)8-5-2/h2-7H,1H2;9H,4-6H2,1-3H3. The van der Waals surface area contributed by atoms with Crippen LogP contribution in [-0.2, 0) is 8.85 Å². The van der Waals surface area contributed by atoms with Crippen LogP contribution in [0.1, 0.15) is 26.3 Å². The Kier molecular flexibility index (Phi) is 11.0. The molecule has 96 valence electrons. The van der Waals surface area contributed by atoms with Gasteiger partial charge in [0.25, 0.3) is 0 Å². The van der Waals surface area contributed by atoms with Crippen molar-refractivity contribution in [2.75, 3.05) is 13.2 Å². The summed E-state index contributed by atoms with van der Waals surface area (Å²) in [6.07, 6.45) is 1.83. The first kappa shape index (κ1) is 16.1. The van der Waals surface area contributed by atoms with Crippen LogP contribution in [0.3, 0.4) is 0 Å². The van der Waals surface area contributed by atoms with Crippen LogP contribution in [0.15, 0.2) is 36.9 Å². The maximum Gasteiger partial charge on any atom is 0.321 e. The Hall–Kier alpha value is -0.903. The Labute approximate surface area is 107 Å². The van der Waals surface area contributed by atoms with Crippen LogP contribution >= 0.6 is 0 Å². The minimum atomic E-state index is -1.21. The molecule has 0 heterocycles. The fraction of sp³-hybridized carbons (Fsp3) is 0.429. The smallest absolute Gasteiger partial charge is 0.321 e. The van der Waals surface area contributed by atoms with Gasteiger partial charge in [-0.05, 0) is 25.5 Å². The molecule has 0 aliphatic carbocycles. The monoisotopic (exact) mass is 252 g/mol. The highest BCUT2D eigenvalue weighted by Crippen LogP contribution is 1.97. The maximum absolute atomic E-state index is 5.35. The number of hydrogen-bond acceptors (Lipinski definition) is 2. The Bertz CT molecular complexity index is 269. The molecule has 0 N–H and O–H groups in total. The fourth-order valence-corrected chi connectivity index (χ4v) is 2.56. The number of hydrogen-bond donors (Lipinski definition) is 0. The van der Waals surface area contributed by atoms with Gasteiger partial charge in [-0.3, -0.25) is 0 Å². The van der Waals surface area contributed by atoms with E-state index in [4.69, 9.17) is 8.85 Å². The van der Waals surface area contributed by atoms with E-state index in [1.165, 1.54) is 5.56 Å². The first-order chi connectivity index (χ1) is 8.28. The van der Waals surface area contributed by atoms with E-state index < -0.39 is 9.28 Å². The van der Waals surface area contributed by atoms with Gasteiger partial charge in [-0.1, -0.05) is 49.9 Å². The third-order valence-corrected chi connectivity index (χ3v) is 4.15. The van der Waals surface area contributed by atoms with Crippen molar-refractivity contribution in [1.29, 1.82) is 0 Å². The van der Waals surface area contributed by atoms with Crippen molar-refractivity contribution < 1.29 is 8.85 Å². The van der Waals surface area contributed by atoms with Gasteiger partial charge in [0.1, 0.15) is 0 Å². The van der Waals surface area contributed by atoms with Crippen molar-refractivity contribution in [2.45, 2.75) is 26.8 Å². The second kappa shape index (κ2) is 11.6. The SMILES string of the molecule is C=Cc1ccccc1.CCO[SiH](CC)OCC. The normalized spacial score (nSPS) is 9.65. The van der Waals surface area contributed by atoms with Crippen LogP contribution in [0.25, 0.3) is 6.08 Å². The zero-order valence-electron chi connectivity index (χ0n) is 11.2. The minimum Gasteiger partial charge on any atom is -0.397 e. The molecule has 0 aliphatic rings. The molecule has 1 aromatic rings. The predicted molar refractivity (Wildman–Crippen MR) is 77.4 cm³/mol. The summed E-state index contributed by atoms with van der Waals surface area (Å²) in [5, 5.41) is 0. The van der Waals surface area contributed by atoms with Crippen LogP contribution in [-0.4, -0.2) is 22.5 Å². The molecule has 1 aromatic carbocycles. The summed E-state index contributed by atoms with van der Waals surface area (Å²) in [5.74, 6) is 0. The molecule has 0 atom stereocenters. The number of rotatable bonds is 6. The van der Waals surface area contributed by atoms with Crippen molar-refractivity contribution in [1.82, 2.24) is 0 Å². The molecule has 0 radical (unpaired) electrons. The van der Waals surface area contributed by atoms with Crippen LogP contribution < -0.4 is 0 Å². The highest BCUT2D eigenvalue weighted by atomic mass is 28.3. The summed E-state index contributed by atoms with van der Waals surface area (Å²) in [6, 6.07) is 11.1. The molecule has 17 heavy (non-hydrogen) atoms. The van der Waals surface area contributed by atoms with Crippen LogP contribution in [0, 0.1) is 0 Å². The third-order valence-electron chi connectivity index (χ3n) is 2.07. The van der Waals surface area contributed by atoms with Crippen molar-refractivity contribution >= 4 is 15.4 Å². The zero-order chi connectivity index (χ0) is 12.9. The second-order valence-corrected chi connectivity index (χ2v) is 5.71. The average Bonchev–Trinajstić information content (AvgIpc) is 2.40. The molecular formula is C14H24O2Si. The van der Waals surface area contributed by atoms with Gasteiger partial charge >= 0.3 is 9.28 Å². The van der Waals surface area contributed by atoms with Gasteiger partial charge in [-0.15, -0.1) is 0 Å².